The number of hydrogen-bond acceptors (Lipinski definition) is 2. The topological polar surface area (TPSA) is 29.3 Å². The highest BCUT2D eigenvalue weighted by Crippen LogP contribution is 2.40. The Balaban J connectivity index is 2.55. The first-order valence-corrected chi connectivity index (χ1v) is 7.70. The summed E-state index contributed by atoms with van der Waals surface area (Å²) in [7, 11) is 0. The fraction of sp³-hybridized carbons (Fsp3) is 1.00. The summed E-state index contributed by atoms with van der Waals surface area (Å²) in [6.45, 7) is 17.5. The molecule has 0 aromatic carbocycles. The maximum Gasteiger partial charge on any atom is 0.0131 e. The molecule has 18 heavy (non-hydrogen) atoms. The summed E-state index contributed by atoms with van der Waals surface area (Å²) >= 11 is 0. The normalized spacial score (nSPS) is 27.7. The van der Waals surface area contributed by atoms with Crippen molar-refractivity contribution in [2.24, 2.45) is 28.9 Å². The molecule has 2 heteroatoms. The van der Waals surface area contributed by atoms with E-state index in [1.807, 2.05) is 0 Å². The molecule has 2 nitrogen and oxygen atoms in total. The van der Waals surface area contributed by atoms with Gasteiger partial charge in [0.05, 0.1) is 0 Å². The Morgan fingerprint density at radius 3 is 1.94 bits per heavy atom. The van der Waals surface area contributed by atoms with Crippen LogP contribution in [0.2, 0.25) is 0 Å². The molecule has 2 unspecified atom stereocenters. The first-order valence-electron chi connectivity index (χ1n) is 7.70. The van der Waals surface area contributed by atoms with Crippen LogP contribution in [0.3, 0.4) is 0 Å². The predicted molar refractivity (Wildman–Crippen MR) is 80.6 cm³/mol. The first kappa shape index (κ1) is 16.0. The van der Waals surface area contributed by atoms with Crippen molar-refractivity contribution < 1.29 is 0 Å². The van der Waals surface area contributed by atoms with Gasteiger partial charge in [-0.15, -0.1) is 0 Å². The number of nitrogens with zero attached hydrogens (tertiary/aromatic N) is 1. The van der Waals surface area contributed by atoms with Gasteiger partial charge in [-0.25, -0.2) is 0 Å². The highest BCUT2D eigenvalue weighted by Gasteiger charge is 2.39. The maximum atomic E-state index is 6.44. The highest BCUT2D eigenvalue weighted by atomic mass is 15.1. The zero-order chi connectivity index (χ0) is 13.9. The van der Waals surface area contributed by atoms with Crippen molar-refractivity contribution >= 4 is 0 Å². The highest BCUT2D eigenvalue weighted by molar-refractivity contribution is 4.95. The maximum absolute atomic E-state index is 6.44. The van der Waals surface area contributed by atoms with E-state index in [1.165, 1.54) is 32.5 Å². The molecule has 0 aromatic heterocycles. The third-order valence-electron chi connectivity index (χ3n) is 4.31. The lowest BCUT2D eigenvalue weighted by Gasteiger charge is -2.32. The Morgan fingerprint density at radius 1 is 1.11 bits per heavy atom. The molecule has 0 heterocycles. The third-order valence-corrected chi connectivity index (χ3v) is 4.31. The average molecular weight is 254 g/mol. The van der Waals surface area contributed by atoms with Gasteiger partial charge in [0.2, 0.25) is 0 Å². The van der Waals surface area contributed by atoms with Gasteiger partial charge < -0.3 is 10.6 Å². The molecule has 2 N–H and O–H groups in total. The van der Waals surface area contributed by atoms with Crippen molar-refractivity contribution in [2.75, 3.05) is 19.6 Å². The molecule has 0 bridgehead atoms. The second kappa shape index (κ2) is 6.38. The Morgan fingerprint density at radius 2 is 1.61 bits per heavy atom. The van der Waals surface area contributed by atoms with Gasteiger partial charge in [0.1, 0.15) is 0 Å². The van der Waals surface area contributed by atoms with Crippen molar-refractivity contribution in [3.05, 3.63) is 0 Å². The van der Waals surface area contributed by atoms with Gasteiger partial charge in [0.25, 0.3) is 0 Å². The van der Waals surface area contributed by atoms with Crippen molar-refractivity contribution in [3.8, 4) is 0 Å². The molecule has 1 fully saturated rings. The molecule has 0 aliphatic heterocycles. The van der Waals surface area contributed by atoms with Crippen molar-refractivity contribution in [3.63, 3.8) is 0 Å². The summed E-state index contributed by atoms with van der Waals surface area (Å²) in [6.07, 6.45) is 2.59. The minimum absolute atomic E-state index is 0.339. The molecule has 0 amide bonds. The monoisotopic (exact) mass is 254 g/mol. The molecule has 0 saturated heterocycles. The smallest absolute Gasteiger partial charge is 0.0131 e. The summed E-state index contributed by atoms with van der Waals surface area (Å²) in [5.41, 5.74) is 6.78. The van der Waals surface area contributed by atoms with Crippen LogP contribution in [-0.2, 0) is 0 Å². The van der Waals surface area contributed by atoms with Crippen LogP contribution >= 0.6 is 0 Å². The second-order valence-electron chi connectivity index (χ2n) is 7.82. The Kier molecular flexibility index (Phi) is 5.67. The van der Waals surface area contributed by atoms with E-state index in [0.717, 1.165) is 11.8 Å². The van der Waals surface area contributed by atoms with E-state index in [9.17, 15) is 0 Å². The van der Waals surface area contributed by atoms with Crippen LogP contribution in [0, 0.1) is 23.2 Å². The molecule has 1 rings (SSSR count). The van der Waals surface area contributed by atoms with Crippen LogP contribution in [0.25, 0.3) is 0 Å². The first-order chi connectivity index (χ1) is 8.22. The summed E-state index contributed by atoms with van der Waals surface area (Å²) < 4.78 is 0. The quantitative estimate of drug-likeness (QED) is 0.787. The summed E-state index contributed by atoms with van der Waals surface area (Å²) in [5, 5.41) is 0. The summed E-state index contributed by atoms with van der Waals surface area (Å²) in [4.78, 5) is 2.64. The summed E-state index contributed by atoms with van der Waals surface area (Å²) in [6, 6.07) is 0.374. The fourth-order valence-corrected chi connectivity index (χ4v) is 3.33. The molecule has 1 aliphatic carbocycles. The zero-order valence-electron chi connectivity index (χ0n) is 13.4. The minimum Gasteiger partial charge on any atom is -0.327 e. The van der Waals surface area contributed by atoms with Gasteiger partial charge in [-0.1, -0.05) is 41.5 Å². The third kappa shape index (κ3) is 4.55. The van der Waals surface area contributed by atoms with Gasteiger partial charge in [-0.05, 0) is 36.0 Å². The van der Waals surface area contributed by atoms with Crippen molar-refractivity contribution in [1.82, 2.24) is 4.90 Å². The number of hydrogen-bond donors (Lipinski definition) is 1. The minimum atomic E-state index is 0.339. The van der Waals surface area contributed by atoms with Crippen LogP contribution < -0.4 is 5.73 Å². The molecule has 1 aliphatic rings. The molecule has 2 atom stereocenters. The van der Waals surface area contributed by atoms with E-state index in [4.69, 9.17) is 5.73 Å². The Bertz CT molecular complexity index is 235. The molecule has 0 aromatic rings. The predicted octanol–water partition coefficient (Wildman–Crippen LogP) is 3.36. The molecule has 0 radical (unpaired) electrons. The van der Waals surface area contributed by atoms with E-state index in [-0.39, 0.29) is 0 Å². The van der Waals surface area contributed by atoms with Crippen LogP contribution in [0.1, 0.15) is 54.4 Å². The van der Waals surface area contributed by atoms with Gasteiger partial charge in [0.15, 0.2) is 0 Å². The van der Waals surface area contributed by atoms with E-state index in [1.54, 1.807) is 0 Å². The Labute approximate surface area is 114 Å². The number of rotatable bonds is 6. The SMILES string of the molecule is CC(C)CN(CC(C)C)CC1CCC(C)(C)C1N. The zero-order valence-corrected chi connectivity index (χ0v) is 13.4. The van der Waals surface area contributed by atoms with Crippen molar-refractivity contribution in [2.45, 2.75) is 60.4 Å². The van der Waals surface area contributed by atoms with E-state index < -0.39 is 0 Å². The lowest BCUT2D eigenvalue weighted by atomic mass is 9.85. The van der Waals surface area contributed by atoms with Gasteiger partial charge in [-0.2, -0.15) is 0 Å². The number of nitrogens with two attached hydrogens (primary N) is 1. The Hall–Kier alpha value is -0.0800. The standard InChI is InChI=1S/C16H34N2/c1-12(2)9-18(10-13(3)4)11-14-7-8-16(5,6)15(14)17/h12-15H,7-11,17H2,1-6H3. The second-order valence-corrected chi connectivity index (χ2v) is 7.82. The molecule has 1 saturated carbocycles. The van der Waals surface area contributed by atoms with E-state index in [0.29, 0.717) is 17.4 Å². The van der Waals surface area contributed by atoms with E-state index >= 15 is 0 Å². The lowest BCUT2D eigenvalue weighted by Crippen LogP contribution is -2.43. The molecular formula is C16H34N2. The fourth-order valence-electron chi connectivity index (χ4n) is 3.33. The van der Waals surface area contributed by atoms with Gasteiger partial charge in [0, 0.05) is 25.7 Å². The van der Waals surface area contributed by atoms with Crippen molar-refractivity contribution in [1.29, 1.82) is 0 Å². The van der Waals surface area contributed by atoms with E-state index in [2.05, 4.69) is 46.4 Å². The van der Waals surface area contributed by atoms with Gasteiger partial charge >= 0.3 is 0 Å². The van der Waals surface area contributed by atoms with Crippen LogP contribution in [0.4, 0.5) is 0 Å². The summed E-state index contributed by atoms with van der Waals surface area (Å²) in [5.74, 6) is 2.18. The lowest BCUT2D eigenvalue weighted by molar-refractivity contribution is 0.172. The van der Waals surface area contributed by atoms with Crippen LogP contribution in [-0.4, -0.2) is 30.6 Å². The molecule has 108 valence electrons. The molecular weight excluding hydrogens is 220 g/mol. The van der Waals surface area contributed by atoms with Crippen LogP contribution in [0.15, 0.2) is 0 Å². The largest absolute Gasteiger partial charge is 0.327 e. The van der Waals surface area contributed by atoms with Crippen LogP contribution in [0.5, 0.6) is 0 Å². The average Bonchev–Trinajstić information content (AvgIpc) is 2.43. The molecule has 0 spiro atoms. The van der Waals surface area contributed by atoms with Gasteiger partial charge in [-0.3, -0.25) is 0 Å².